The number of rotatable bonds is 4. The van der Waals surface area contributed by atoms with E-state index in [4.69, 9.17) is 5.73 Å². The molecule has 5 heteroatoms. The quantitative estimate of drug-likeness (QED) is 0.944. The first kappa shape index (κ1) is 15.9. The molecule has 2 aromatic rings. The van der Waals surface area contributed by atoms with Gasteiger partial charge in [-0.2, -0.15) is 0 Å². The van der Waals surface area contributed by atoms with Crippen molar-refractivity contribution in [2.75, 3.05) is 7.05 Å². The Morgan fingerprint density at radius 3 is 2.67 bits per heavy atom. The first-order valence-electron chi connectivity index (χ1n) is 7.11. The van der Waals surface area contributed by atoms with Gasteiger partial charge < -0.3 is 10.6 Å². The number of para-hydroxylation sites is 1. The zero-order valence-corrected chi connectivity index (χ0v) is 13.9. The van der Waals surface area contributed by atoms with Crippen LogP contribution >= 0.6 is 11.3 Å². The zero-order valence-electron chi connectivity index (χ0n) is 13.1. The van der Waals surface area contributed by atoms with Crippen LogP contribution in [0.15, 0.2) is 24.3 Å². The lowest BCUT2D eigenvalue weighted by Crippen LogP contribution is -2.40. The Morgan fingerprint density at radius 2 is 2.05 bits per heavy atom. The molecule has 0 radical (unpaired) electrons. The van der Waals surface area contributed by atoms with Gasteiger partial charge in [0.1, 0.15) is 5.01 Å². The molecule has 1 heterocycles. The molecule has 0 aliphatic rings. The minimum absolute atomic E-state index is 0.0631. The Bertz CT molecular complexity index is 597. The average molecular weight is 305 g/mol. The largest absolute Gasteiger partial charge is 0.339 e. The summed E-state index contributed by atoms with van der Waals surface area (Å²) < 4.78 is 1.15. The molecule has 4 nitrogen and oxygen atoms in total. The molecule has 1 atom stereocenters. The number of amides is 1. The van der Waals surface area contributed by atoms with Crippen LogP contribution in [-0.2, 0) is 11.3 Å². The second-order valence-corrected chi connectivity index (χ2v) is 7.62. The van der Waals surface area contributed by atoms with Gasteiger partial charge in [0.25, 0.3) is 0 Å². The number of thiazole rings is 1. The summed E-state index contributed by atoms with van der Waals surface area (Å²) in [7, 11) is 1.81. The van der Waals surface area contributed by atoms with Crippen LogP contribution in [0.1, 0.15) is 32.2 Å². The standard InChI is InChI=1S/C16H23N3OS/c1-16(2,3)13(17)9-15(20)19(4)10-14-18-11-7-5-6-8-12(11)21-14/h5-8,13H,9-10,17H2,1-4H3. The smallest absolute Gasteiger partial charge is 0.224 e. The molecule has 0 spiro atoms. The van der Waals surface area contributed by atoms with Gasteiger partial charge >= 0.3 is 0 Å². The minimum Gasteiger partial charge on any atom is -0.339 e. The molecule has 2 N–H and O–H groups in total. The summed E-state index contributed by atoms with van der Waals surface area (Å²) in [6, 6.07) is 7.88. The Hall–Kier alpha value is -1.46. The molecule has 0 aliphatic heterocycles. The summed E-state index contributed by atoms with van der Waals surface area (Å²) in [4.78, 5) is 18.5. The molecular weight excluding hydrogens is 282 g/mol. The van der Waals surface area contributed by atoms with E-state index in [0.717, 1.165) is 15.2 Å². The van der Waals surface area contributed by atoms with Crippen LogP contribution in [-0.4, -0.2) is 28.9 Å². The second-order valence-electron chi connectivity index (χ2n) is 6.50. The fraction of sp³-hybridized carbons (Fsp3) is 0.500. The summed E-state index contributed by atoms with van der Waals surface area (Å²) in [6.07, 6.45) is 0.366. The molecule has 0 bridgehead atoms. The lowest BCUT2D eigenvalue weighted by molar-refractivity contribution is -0.131. The number of carbonyl (C=O) groups excluding carboxylic acids is 1. The average Bonchev–Trinajstić information content (AvgIpc) is 2.79. The molecule has 114 valence electrons. The first-order valence-corrected chi connectivity index (χ1v) is 7.93. The number of hydrogen-bond donors (Lipinski definition) is 1. The Labute approximate surface area is 130 Å². The van der Waals surface area contributed by atoms with Crippen LogP contribution in [0.2, 0.25) is 0 Å². The predicted molar refractivity (Wildman–Crippen MR) is 88.1 cm³/mol. The van der Waals surface area contributed by atoms with Gasteiger partial charge in [-0.05, 0) is 17.5 Å². The monoisotopic (exact) mass is 305 g/mol. The molecular formula is C16H23N3OS. The van der Waals surface area contributed by atoms with Crippen molar-refractivity contribution in [1.29, 1.82) is 0 Å². The van der Waals surface area contributed by atoms with E-state index < -0.39 is 0 Å². The fourth-order valence-electron chi connectivity index (χ4n) is 1.93. The second kappa shape index (κ2) is 6.12. The van der Waals surface area contributed by atoms with E-state index in [2.05, 4.69) is 25.8 Å². The number of fused-ring (bicyclic) bond motifs is 1. The van der Waals surface area contributed by atoms with Crippen molar-refractivity contribution in [3.8, 4) is 0 Å². The van der Waals surface area contributed by atoms with Gasteiger partial charge in [0.05, 0.1) is 16.8 Å². The number of carbonyl (C=O) groups is 1. The van der Waals surface area contributed by atoms with E-state index in [9.17, 15) is 4.79 Å². The lowest BCUT2D eigenvalue weighted by Gasteiger charge is -2.28. The highest BCUT2D eigenvalue weighted by molar-refractivity contribution is 7.18. The van der Waals surface area contributed by atoms with E-state index in [1.165, 1.54) is 0 Å². The Balaban J connectivity index is 2.00. The highest BCUT2D eigenvalue weighted by Crippen LogP contribution is 2.23. The van der Waals surface area contributed by atoms with E-state index >= 15 is 0 Å². The maximum absolute atomic E-state index is 12.2. The molecule has 0 aliphatic carbocycles. The molecule has 2 rings (SSSR count). The van der Waals surface area contributed by atoms with Crippen molar-refractivity contribution >= 4 is 27.5 Å². The number of aromatic nitrogens is 1. The summed E-state index contributed by atoms with van der Waals surface area (Å²) in [6.45, 7) is 6.70. The van der Waals surface area contributed by atoms with Gasteiger partial charge in [-0.15, -0.1) is 11.3 Å². The third-order valence-corrected chi connectivity index (χ3v) is 4.66. The van der Waals surface area contributed by atoms with Crippen molar-refractivity contribution in [2.45, 2.75) is 39.8 Å². The topological polar surface area (TPSA) is 59.2 Å². The van der Waals surface area contributed by atoms with Crippen molar-refractivity contribution in [3.05, 3.63) is 29.3 Å². The summed E-state index contributed by atoms with van der Waals surface area (Å²) in [5.41, 5.74) is 7.01. The van der Waals surface area contributed by atoms with Crippen LogP contribution in [0.4, 0.5) is 0 Å². The van der Waals surface area contributed by atoms with Crippen LogP contribution in [0.3, 0.4) is 0 Å². The number of hydrogen-bond acceptors (Lipinski definition) is 4. The predicted octanol–water partition coefficient (Wildman–Crippen LogP) is 3.02. The molecule has 1 unspecified atom stereocenters. The maximum atomic E-state index is 12.2. The van der Waals surface area contributed by atoms with Gasteiger partial charge in [0, 0.05) is 19.5 Å². The van der Waals surface area contributed by atoms with Crippen LogP contribution in [0.5, 0.6) is 0 Å². The number of benzene rings is 1. The highest BCUT2D eigenvalue weighted by atomic mass is 32.1. The van der Waals surface area contributed by atoms with Gasteiger partial charge in [0.15, 0.2) is 0 Å². The highest BCUT2D eigenvalue weighted by Gasteiger charge is 2.24. The zero-order chi connectivity index (χ0) is 15.6. The van der Waals surface area contributed by atoms with E-state index in [0.29, 0.717) is 13.0 Å². The number of nitrogens with zero attached hydrogens (tertiary/aromatic N) is 2. The third kappa shape index (κ3) is 4.02. The van der Waals surface area contributed by atoms with Crippen molar-refractivity contribution in [3.63, 3.8) is 0 Å². The molecule has 0 saturated carbocycles. The van der Waals surface area contributed by atoms with Crippen LogP contribution in [0.25, 0.3) is 10.2 Å². The molecule has 1 aromatic heterocycles. The summed E-state index contributed by atoms with van der Waals surface area (Å²) in [5, 5.41) is 0.955. The third-order valence-electron chi connectivity index (χ3n) is 3.64. The van der Waals surface area contributed by atoms with Crippen LogP contribution < -0.4 is 5.73 Å². The molecule has 1 amide bonds. The molecule has 1 aromatic carbocycles. The van der Waals surface area contributed by atoms with Crippen molar-refractivity contribution < 1.29 is 4.79 Å². The SMILES string of the molecule is CN(Cc1nc2ccccc2s1)C(=O)CC(N)C(C)(C)C. The number of nitrogens with two attached hydrogens (primary N) is 1. The first-order chi connectivity index (χ1) is 9.77. The van der Waals surface area contributed by atoms with Gasteiger partial charge in [-0.3, -0.25) is 4.79 Å². The van der Waals surface area contributed by atoms with E-state index in [1.54, 1.807) is 16.2 Å². The molecule has 21 heavy (non-hydrogen) atoms. The maximum Gasteiger partial charge on any atom is 0.224 e. The lowest BCUT2D eigenvalue weighted by atomic mass is 9.85. The van der Waals surface area contributed by atoms with Crippen LogP contribution in [0, 0.1) is 5.41 Å². The Kier molecular flexibility index (Phi) is 4.64. The van der Waals surface area contributed by atoms with E-state index in [1.807, 2.05) is 31.3 Å². The fourth-order valence-corrected chi connectivity index (χ4v) is 2.95. The Morgan fingerprint density at radius 1 is 1.38 bits per heavy atom. The van der Waals surface area contributed by atoms with Gasteiger partial charge in [-0.1, -0.05) is 32.9 Å². The van der Waals surface area contributed by atoms with Gasteiger partial charge in [0.2, 0.25) is 5.91 Å². The molecule has 0 fully saturated rings. The normalized spacial score (nSPS) is 13.4. The minimum atomic E-state index is -0.136. The summed E-state index contributed by atoms with van der Waals surface area (Å²) in [5.74, 6) is 0.0664. The van der Waals surface area contributed by atoms with Crippen molar-refractivity contribution in [2.24, 2.45) is 11.1 Å². The van der Waals surface area contributed by atoms with E-state index in [-0.39, 0.29) is 17.4 Å². The van der Waals surface area contributed by atoms with Gasteiger partial charge in [-0.25, -0.2) is 4.98 Å². The summed E-state index contributed by atoms with van der Waals surface area (Å²) >= 11 is 1.63. The van der Waals surface area contributed by atoms with Crippen molar-refractivity contribution in [1.82, 2.24) is 9.88 Å². The molecule has 0 saturated heterocycles.